The smallest absolute Gasteiger partial charge is 0.193 e. The summed E-state index contributed by atoms with van der Waals surface area (Å²) in [6.45, 7) is 42.0. The highest BCUT2D eigenvalue weighted by Gasteiger charge is 2.59. The maximum Gasteiger partial charge on any atom is 0.193 e. The van der Waals surface area contributed by atoms with Crippen LogP contribution >= 0.6 is 0 Å². The van der Waals surface area contributed by atoms with Crippen molar-refractivity contribution in [2.75, 3.05) is 13.2 Å². The maximum absolute atomic E-state index is 7.57. The van der Waals surface area contributed by atoms with E-state index in [4.69, 9.17) is 18.0 Å². The SMILES string of the molecule is CCC(C=CCOCC1=CC[C@H]2C3=CC=C4C[C@@H](O[Si](C)(C)C(C)(C)C)C[C@H](O[Si](C)(C)C(C)(C)C)[C@]4(C)[C@H]3CC[C@]12C)(CC)O[Si](CC)(CC)CC. The van der Waals surface area contributed by atoms with Gasteiger partial charge in [0.2, 0.25) is 0 Å². The molecule has 0 N–H and O–H groups in total. The Bertz CT molecular complexity index is 1380. The molecule has 2 saturated carbocycles. The first-order valence-electron chi connectivity index (χ1n) is 21.9. The van der Waals surface area contributed by atoms with E-state index in [0.717, 1.165) is 38.7 Å². The van der Waals surface area contributed by atoms with Gasteiger partial charge in [-0.1, -0.05) is 132 Å². The summed E-state index contributed by atoms with van der Waals surface area (Å²) in [6.07, 6.45) is 20.2. The van der Waals surface area contributed by atoms with E-state index in [9.17, 15) is 0 Å². The van der Waals surface area contributed by atoms with Gasteiger partial charge in [-0.25, -0.2) is 0 Å². The molecule has 4 rings (SSSR count). The summed E-state index contributed by atoms with van der Waals surface area (Å²) in [5.41, 5.74) is 4.74. The van der Waals surface area contributed by atoms with Crippen LogP contribution < -0.4 is 0 Å². The average molecular weight is 785 g/mol. The summed E-state index contributed by atoms with van der Waals surface area (Å²) in [4.78, 5) is 0. The van der Waals surface area contributed by atoms with Gasteiger partial charge in [0.05, 0.1) is 31.0 Å². The van der Waals surface area contributed by atoms with Gasteiger partial charge in [-0.3, -0.25) is 0 Å². The standard InChI is InChI=1S/C46H84O4Si3/c1-18-46(19-2,50-53(20-3,21-4)22-5)29-23-31-47-34-36-25-27-39-38-26-24-35-32-37(48-51(14,15)42(6,7)8)33-41(49-52(16,17)43(9,10)11)45(35,13)40(38)28-30-44(36,39)12/h23-26,29,37,39-41H,18-22,27-28,30-34H2,1-17H3/t37-,39+,40+,41+,44-,45+/m1/s1. The Morgan fingerprint density at radius 2 is 1.40 bits per heavy atom. The predicted molar refractivity (Wildman–Crippen MR) is 236 cm³/mol. The number of fused-ring (bicyclic) bond motifs is 5. The number of rotatable bonds is 16. The van der Waals surface area contributed by atoms with E-state index in [2.05, 4.69) is 147 Å². The zero-order chi connectivity index (χ0) is 39.9. The van der Waals surface area contributed by atoms with Crippen molar-refractivity contribution in [3.05, 3.63) is 47.1 Å². The maximum atomic E-state index is 7.57. The molecule has 7 heteroatoms. The summed E-state index contributed by atoms with van der Waals surface area (Å²) in [5.74, 6) is 1.05. The lowest BCUT2D eigenvalue weighted by atomic mass is 9.50. The highest BCUT2D eigenvalue weighted by molar-refractivity contribution is 6.74. The summed E-state index contributed by atoms with van der Waals surface area (Å²) < 4.78 is 28.4. The van der Waals surface area contributed by atoms with Crippen LogP contribution in [0.5, 0.6) is 0 Å². The first-order valence-corrected chi connectivity index (χ1v) is 30.2. The largest absolute Gasteiger partial charge is 0.414 e. The fraction of sp³-hybridized carbons (Fsp3) is 0.826. The zero-order valence-electron chi connectivity index (χ0n) is 37.8. The van der Waals surface area contributed by atoms with Crippen LogP contribution in [0.25, 0.3) is 0 Å². The molecular formula is C46H84O4Si3. The Morgan fingerprint density at radius 3 is 1.94 bits per heavy atom. The van der Waals surface area contributed by atoms with Crippen LogP contribution in [-0.2, 0) is 18.0 Å². The molecule has 304 valence electrons. The van der Waals surface area contributed by atoms with Crippen molar-refractivity contribution in [1.29, 1.82) is 0 Å². The molecule has 2 fully saturated rings. The Morgan fingerprint density at radius 1 is 0.811 bits per heavy atom. The van der Waals surface area contributed by atoms with E-state index < -0.39 is 25.0 Å². The predicted octanol–water partition coefficient (Wildman–Crippen LogP) is 13.9. The molecular weight excluding hydrogens is 701 g/mol. The van der Waals surface area contributed by atoms with Gasteiger partial charge in [-0.2, -0.15) is 0 Å². The summed E-state index contributed by atoms with van der Waals surface area (Å²) in [5, 5.41) is 0.349. The first kappa shape index (κ1) is 45.2. The average Bonchev–Trinajstić information content (AvgIpc) is 3.41. The summed E-state index contributed by atoms with van der Waals surface area (Å²) >= 11 is 0. The molecule has 4 aliphatic carbocycles. The Hall–Kier alpha value is -0.549. The lowest BCUT2D eigenvalue weighted by Gasteiger charge is -2.59. The Kier molecular flexibility index (Phi) is 13.9. The van der Waals surface area contributed by atoms with Crippen LogP contribution in [0.2, 0.25) is 54.4 Å². The van der Waals surface area contributed by atoms with Gasteiger partial charge in [0.1, 0.15) is 0 Å². The molecule has 0 heterocycles. The molecule has 4 aliphatic rings. The molecule has 0 aliphatic heterocycles. The fourth-order valence-electron chi connectivity index (χ4n) is 9.85. The molecule has 0 amide bonds. The van der Waals surface area contributed by atoms with Gasteiger partial charge >= 0.3 is 0 Å². The second-order valence-corrected chi connectivity index (χ2v) is 35.2. The highest BCUT2D eigenvalue weighted by Crippen LogP contribution is 2.64. The number of ether oxygens (including phenoxy) is 1. The van der Waals surface area contributed by atoms with Crippen LogP contribution in [0.1, 0.15) is 135 Å². The highest BCUT2D eigenvalue weighted by atomic mass is 28.4. The zero-order valence-corrected chi connectivity index (χ0v) is 40.8. The number of hydrogen-bond donors (Lipinski definition) is 0. The van der Waals surface area contributed by atoms with Gasteiger partial charge in [-0.15, -0.1) is 0 Å². The van der Waals surface area contributed by atoms with E-state index in [-0.39, 0.29) is 38.7 Å². The minimum atomic E-state index is -2.04. The monoisotopic (exact) mass is 785 g/mol. The quantitative estimate of drug-likeness (QED) is 0.0887. The second-order valence-electron chi connectivity index (χ2n) is 21.0. The molecule has 0 aromatic rings. The molecule has 6 atom stereocenters. The second kappa shape index (κ2) is 16.4. The fourth-order valence-corrected chi connectivity index (χ4v) is 15.8. The minimum Gasteiger partial charge on any atom is -0.414 e. The van der Waals surface area contributed by atoms with E-state index in [1.54, 1.807) is 11.1 Å². The van der Waals surface area contributed by atoms with E-state index in [1.165, 1.54) is 36.5 Å². The van der Waals surface area contributed by atoms with Gasteiger partial charge in [0.15, 0.2) is 25.0 Å². The number of hydrogen-bond acceptors (Lipinski definition) is 4. The van der Waals surface area contributed by atoms with Crippen molar-refractivity contribution in [2.45, 2.75) is 207 Å². The van der Waals surface area contributed by atoms with E-state index in [1.807, 2.05) is 0 Å². The lowest BCUT2D eigenvalue weighted by Crippen LogP contribution is -2.58. The molecule has 0 saturated heterocycles. The molecule has 4 nitrogen and oxygen atoms in total. The molecule has 0 bridgehead atoms. The first-order chi connectivity index (χ1) is 24.4. The Labute approximate surface area is 331 Å². The van der Waals surface area contributed by atoms with Crippen LogP contribution in [-0.4, -0.2) is 56.0 Å². The van der Waals surface area contributed by atoms with Crippen molar-refractivity contribution in [3.63, 3.8) is 0 Å². The van der Waals surface area contributed by atoms with Crippen LogP contribution in [0.15, 0.2) is 47.1 Å². The summed E-state index contributed by atoms with van der Waals surface area (Å²) in [6, 6.07) is 3.55. The van der Waals surface area contributed by atoms with Crippen molar-refractivity contribution in [1.82, 2.24) is 0 Å². The molecule has 0 radical (unpaired) electrons. The van der Waals surface area contributed by atoms with E-state index in [0.29, 0.717) is 18.4 Å². The molecule has 0 aromatic carbocycles. The van der Waals surface area contributed by atoms with E-state index >= 15 is 0 Å². The molecule has 0 aromatic heterocycles. The van der Waals surface area contributed by atoms with Gasteiger partial charge < -0.3 is 18.0 Å². The lowest BCUT2D eigenvalue weighted by molar-refractivity contribution is -0.0391. The van der Waals surface area contributed by atoms with Gasteiger partial charge in [0, 0.05) is 5.41 Å². The van der Waals surface area contributed by atoms with Gasteiger partial charge in [0.25, 0.3) is 0 Å². The van der Waals surface area contributed by atoms with Crippen LogP contribution in [0.4, 0.5) is 0 Å². The van der Waals surface area contributed by atoms with Crippen LogP contribution in [0.3, 0.4) is 0 Å². The Balaban J connectivity index is 1.54. The van der Waals surface area contributed by atoms with Crippen molar-refractivity contribution >= 4 is 25.0 Å². The third-order valence-electron chi connectivity index (χ3n) is 16.3. The van der Waals surface area contributed by atoms with Crippen LogP contribution in [0, 0.1) is 22.7 Å². The molecule has 53 heavy (non-hydrogen) atoms. The molecule has 0 spiro atoms. The third kappa shape index (κ3) is 8.82. The minimum absolute atomic E-state index is 0.000824. The third-order valence-corrected chi connectivity index (χ3v) is 30.0. The normalized spacial score (nSPS) is 30.1. The molecule has 0 unspecified atom stereocenters. The van der Waals surface area contributed by atoms with Crippen molar-refractivity contribution in [3.8, 4) is 0 Å². The number of allylic oxidation sites excluding steroid dienone is 4. The van der Waals surface area contributed by atoms with Gasteiger partial charge in [-0.05, 0) is 122 Å². The summed E-state index contributed by atoms with van der Waals surface area (Å²) in [7, 11) is -5.67. The van der Waals surface area contributed by atoms with Crippen molar-refractivity contribution < 1.29 is 18.0 Å². The topological polar surface area (TPSA) is 36.9 Å². The van der Waals surface area contributed by atoms with Crippen molar-refractivity contribution in [2.24, 2.45) is 22.7 Å².